The molecule has 0 aliphatic carbocycles. The number of primary sulfonamides is 1. The lowest BCUT2D eigenvalue weighted by Crippen LogP contribution is -2.15. The highest BCUT2D eigenvalue weighted by atomic mass is 35.5. The summed E-state index contributed by atoms with van der Waals surface area (Å²) in [7, 11) is -3.82. The molecule has 10 heteroatoms. The first kappa shape index (κ1) is 21.6. The van der Waals surface area contributed by atoms with Crippen molar-refractivity contribution in [2.24, 2.45) is 5.14 Å². The number of aryl methyl sites for hydroxylation is 1. The summed E-state index contributed by atoms with van der Waals surface area (Å²) in [4.78, 5) is 16.8. The van der Waals surface area contributed by atoms with Crippen molar-refractivity contribution in [2.45, 2.75) is 36.4 Å². The third-order valence-corrected chi connectivity index (χ3v) is 6.25. The van der Waals surface area contributed by atoms with Crippen molar-refractivity contribution in [3.63, 3.8) is 0 Å². The van der Waals surface area contributed by atoms with E-state index in [9.17, 15) is 13.2 Å². The van der Waals surface area contributed by atoms with Crippen LogP contribution >= 0.6 is 23.4 Å². The van der Waals surface area contributed by atoms with Crippen LogP contribution in [0.3, 0.4) is 0 Å². The Morgan fingerprint density at radius 1 is 1.28 bits per heavy atom. The number of anilines is 1. The Morgan fingerprint density at radius 2 is 2.07 bits per heavy atom. The van der Waals surface area contributed by atoms with Gasteiger partial charge in [0.1, 0.15) is 0 Å². The Balaban J connectivity index is 1.64. The summed E-state index contributed by atoms with van der Waals surface area (Å²) in [6.07, 6.45) is 1.21. The lowest BCUT2D eigenvalue weighted by molar-refractivity contribution is -0.115. The first-order chi connectivity index (χ1) is 13.8. The van der Waals surface area contributed by atoms with Crippen LogP contribution in [0.25, 0.3) is 11.0 Å². The summed E-state index contributed by atoms with van der Waals surface area (Å²) in [5.41, 5.74) is 2.24. The zero-order valence-corrected chi connectivity index (χ0v) is 18.1. The van der Waals surface area contributed by atoms with Gasteiger partial charge in [-0.25, -0.2) is 18.5 Å². The second-order valence-electron chi connectivity index (χ2n) is 6.40. The molecule has 0 aliphatic rings. The number of amides is 1. The Bertz CT molecular complexity index is 1150. The summed E-state index contributed by atoms with van der Waals surface area (Å²) >= 11 is 7.56. The normalized spacial score (nSPS) is 11.7. The average molecular weight is 453 g/mol. The number of rotatable bonds is 8. The van der Waals surface area contributed by atoms with Crippen LogP contribution in [0.5, 0.6) is 0 Å². The van der Waals surface area contributed by atoms with E-state index >= 15 is 0 Å². The molecule has 0 radical (unpaired) electrons. The Labute approximate surface area is 178 Å². The molecule has 1 aromatic heterocycles. The summed E-state index contributed by atoms with van der Waals surface area (Å²) in [6, 6.07) is 11.5. The zero-order chi connectivity index (χ0) is 21.0. The maximum absolute atomic E-state index is 12.2. The number of sulfonamides is 1. The summed E-state index contributed by atoms with van der Waals surface area (Å²) < 4.78 is 25.0. The number of aromatic nitrogens is 2. The highest BCUT2D eigenvalue weighted by Gasteiger charge is 2.13. The number of nitrogens with one attached hydrogen (secondary N) is 1. The Hall–Kier alpha value is -2.07. The Kier molecular flexibility index (Phi) is 6.84. The molecule has 0 saturated heterocycles. The van der Waals surface area contributed by atoms with E-state index < -0.39 is 10.0 Å². The number of nitrogens with two attached hydrogens (primary N) is 1. The van der Waals surface area contributed by atoms with E-state index in [2.05, 4.69) is 21.8 Å². The van der Waals surface area contributed by atoms with E-state index in [-0.39, 0.29) is 17.2 Å². The summed E-state index contributed by atoms with van der Waals surface area (Å²) in [6.45, 7) is 2.92. The van der Waals surface area contributed by atoms with Crippen molar-refractivity contribution in [1.82, 2.24) is 9.55 Å². The quantitative estimate of drug-likeness (QED) is 0.504. The van der Waals surface area contributed by atoms with E-state index in [1.165, 1.54) is 30.0 Å². The molecule has 3 N–H and O–H groups in total. The molecule has 29 heavy (non-hydrogen) atoms. The molecule has 0 bridgehead atoms. The standard InChI is InChI=1S/C19H21ClN4O3S2/c1-2-9-24-17-7-6-13(20)11-16(17)23-19(24)28-10-8-18(25)22-14-4-3-5-15(12-14)29(21,26)27/h3-7,11-12H,2,8-10H2,1H3,(H,22,25)(H2,21,26,27). The monoisotopic (exact) mass is 452 g/mol. The van der Waals surface area contributed by atoms with Gasteiger partial charge in [-0.1, -0.05) is 36.4 Å². The van der Waals surface area contributed by atoms with Crippen LogP contribution in [0.1, 0.15) is 19.8 Å². The number of halogens is 1. The fourth-order valence-electron chi connectivity index (χ4n) is 2.84. The smallest absolute Gasteiger partial charge is 0.238 e. The lowest BCUT2D eigenvalue weighted by atomic mass is 10.3. The van der Waals surface area contributed by atoms with E-state index in [1.54, 1.807) is 6.07 Å². The second-order valence-corrected chi connectivity index (χ2v) is 9.46. The average Bonchev–Trinajstić information content (AvgIpc) is 2.98. The number of fused-ring (bicyclic) bond motifs is 1. The van der Waals surface area contributed by atoms with Gasteiger partial charge in [-0.15, -0.1) is 0 Å². The second kappa shape index (κ2) is 9.17. The van der Waals surface area contributed by atoms with Gasteiger partial charge in [0.2, 0.25) is 15.9 Å². The largest absolute Gasteiger partial charge is 0.326 e. The van der Waals surface area contributed by atoms with Crippen LogP contribution in [0.4, 0.5) is 5.69 Å². The maximum Gasteiger partial charge on any atom is 0.238 e. The third kappa shape index (κ3) is 5.51. The van der Waals surface area contributed by atoms with Crippen LogP contribution in [-0.2, 0) is 21.4 Å². The molecule has 0 spiro atoms. The number of carbonyl (C=O) groups is 1. The molecule has 0 saturated carbocycles. The topological polar surface area (TPSA) is 107 Å². The highest BCUT2D eigenvalue weighted by molar-refractivity contribution is 7.99. The maximum atomic E-state index is 12.2. The number of carbonyl (C=O) groups excluding carboxylic acids is 1. The van der Waals surface area contributed by atoms with Gasteiger partial charge < -0.3 is 9.88 Å². The van der Waals surface area contributed by atoms with Gasteiger partial charge in [0.15, 0.2) is 5.16 Å². The highest BCUT2D eigenvalue weighted by Crippen LogP contribution is 2.27. The molecule has 1 heterocycles. The predicted octanol–water partition coefficient (Wildman–Crippen LogP) is 3.87. The minimum absolute atomic E-state index is 0.0448. The predicted molar refractivity (Wildman–Crippen MR) is 117 cm³/mol. The van der Waals surface area contributed by atoms with E-state index in [0.717, 1.165) is 29.2 Å². The lowest BCUT2D eigenvalue weighted by Gasteiger charge is -2.08. The van der Waals surface area contributed by atoms with E-state index in [0.29, 0.717) is 16.5 Å². The number of nitrogens with zero attached hydrogens (tertiary/aromatic N) is 2. The molecule has 154 valence electrons. The van der Waals surface area contributed by atoms with Crippen molar-refractivity contribution in [1.29, 1.82) is 0 Å². The summed E-state index contributed by atoms with van der Waals surface area (Å²) in [5.74, 6) is 0.312. The molecule has 7 nitrogen and oxygen atoms in total. The fraction of sp³-hybridized carbons (Fsp3) is 0.263. The van der Waals surface area contributed by atoms with Crippen molar-refractivity contribution in [3.05, 3.63) is 47.5 Å². The van der Waals surface area contributed by atoms with Gasteiger partial charge in [-0.05, 0) is 42.8 Å². The van der Waals surface area contributed by atoms with Crippen molar-refractivity contribution in [2.75, 3.05) is 11.1 Å². The van der Waals surface area contributed by atoms with Gasteiger partial charge >= 0.3 is 0 Å². The fourth-order valence-corrected chi connectivity index (χ4v) is 4.54. The van der Waals surface area contributed by atoms with Crippen LogP contribution in [-0.4, -0.2) is 29.6 Å². The van der Waals surface area contributed by atoms with Crippen LogP contribution in [0, 0.1) is 0 Å². The number of benzene rings is 2. The van der Waals surface area contributed by atoms with Crippen molar-refractivity contribution >= 4 is 56.0 Å². The number of thioether (sulfide) groups is 1. The molecule has 3 rings (SSSR count). The molecule has 2 aromatic carbocycles. The third-order valence-electron chi connectivity index (χ3n) is 4.13. The first-order valence-corrected chi connectivity index (χ1v) is 11.9. The van der Waals surface area contributed by atoms with Crippen LogP contribution < -0.4 is 10.5 Å². The molecular weight excluding hydrogens is 432 g/mol. The molecular formula is C19H21ClN4O3S2. The van der Waals surface area contributed by atoms with Gasteiger partial charge in [0, 0.05) is 29.4 Å². The van der Waals surface area contributed by atoms with Crippen molar-refractivity contribution < 1.29 is 13.2 Å². The summed E-state index contributed by atoms with van der Waals surface area (Å²) in [5, 5.41) is 9.29. The molecule has 3 aromatic rings. The number of hydrogen-bond acceptors (Lipinski definition) is 5. The van der Waals surface area contributed by atoms with Gasteiger partial charge in [0.25, 0.3) is 0 Å². The molecule has 1 amide bonds. The molecule has 0 fully saturated rings. The van der Waals surface area contributed by atoms with Gasteiger partial charge in [0.05, 0.1) is 15.9 Å². The minimum atomic E-state index is -3.82. The molecule has 0 atom stereocenters. The first-order valence-electron chi connectivity index (χ1n) is 8.99. The SMILES string of the molecule is CCCn1c(SCCC(=O)Nc2cccc(S(N)(=O)=O)c2)nc2cc(Cl)ccc21. The van der Waals surface area contributed by atoms with Crippen LogP contribution in [0.15, 0.2) is 52.5 Å². The van der Waals surface area contributed by atoms with Crippen molar-refractivity contribution in [3.8, 4) is 0 Å². The Morgan fingerprint density at radius 3 is 2.79 bits per heavy atom. The minimum Gasteiger partial charge on any atom is -0.326 e. The van der Waals surface area contributed by atoms with Gasteiger partial charge in [-0.2, -0.15) is 0 Å². The van der Waals surface area contributed by atoms with E-state index in [1.807, 2.05) is 18.2 Å². The van der Waals surface area contributed by atoms with Crippen LogP contribution in [0.2, 0.25) is 5.02 Å². The zero-order valence-electron chi connectivity index (χ0n) is 15.8. The molecule has 0 aliphatic heterocycles. The van der Waals surface area contributed by atoms with E-state index in [4.69, 9.17) is 16.7 Å². The number of imidazole rings is 1. The van der Waals surface area contributed by atoms with Gasteiger partial charge in [-0.3, -0.25) is 4.79 Å². The number of hydrogen-bond donors (Lipinski definition) is 2. The molecule has 0 unspecified atom stereocenters.